The van der Waals surface area contributed by atoms with Crippen molar-refractivity contribution in [3.63, 3.8) is 0 Å². The van der Waals surface area contributed by atoms with Crippen molar-refractivity contribution in [2.24, 2.45) is 0 Å². The molecular formula is C22H20F3N3O2. The van der Waals surface area contributed by atoms with Gasteiger partial charge in [-0.1, -0.05) is 36.9 Å². The van der Waals surface area contributed by atoms with Crippen LogP contribution in [0.4, 0.5) is 19.0 Å². The summed E-state index contributed by atoms with van der Waals surface area (Å²) in [6, 6.07) is 14.3. The van der Waals surface area contributed by atoms with E-state index in [0.717, 1.165) is 29.0 Å². The van der Waals surface area contributed by atoms with Gasteiger partial charge in [0, 0.05) is 25.2 Å². The Kier molecular flexibility index (Phi) is 5.96. The molecule has 0 radical (unpaired) electrons. The Labute approximate surface area is 172 Å². The van der Waals surface area contributed by atoms with Crippen LogP contribution in [0.3, 0.4) is 0 Å². The second kappa shape index (κ2) is 8.44. The van der Waals surface area contributed by atoms with Crippen LogP contribution in [0.15, 0.2) is 61.2 Å². The van der Waals surface area contributed by atoms with Crippen molar-refractivity contribution in [2.45, 2.75) is 19.8 Å². The number of nitrogens with zero attached hydrogens (tertiary/aromatic N) is 3. The molecule has 0 aliphatic rings. The number of aromatic nitrogens is 2. The fraction of sp³-hybridized carbons (Fsp3) is 0.182. The van der Waals surface area contributed by atoms with E-state index in [2.05, 4.69) is 16.4 Å². The third-order valence-corrected chi connectivity index (χ3v) is 4.49. The standard InChI is InChI=1S/C22H20F3N3O2/c1-4-15-6-8-16(9-7-15)19-14-20(26-28(19)5-2)27(3)21(29)17-10-12-18(13-11-17)30-22(23,24)25/h4,6-14H,1,5H2,2-3H3. The third-order valence-electron chi connectivity index (χ3n) is 4.49. The van der Waals surface area contributed by atoms with Gasteiger partial charge in [0.25, 0.3) is 5.91 Å². The molecule has 30 heavy (non-hydrogen) atoms. The highest BCUT2D eigenvalue weighted by atomic mass is 19.4. The fourth-order valence-corrected chi connectivity index (χ4v) is 2.93. The molecule has 0 fully saturated rings. The minimum Gasteiger partial charge on any atom is -0.406 e. The zero-order chi connectivity index (χ0) is 21.9. The summed E-state index contributed by atoms with van der Waals surface area (Å²) in [4.78, 5) is 14.1. The molecule has 0 atom stereocenters. The van der Waals surface area contributed by atoms with Crippen molar-refractivity contribution in [1.29, 1.82) is 0 Å². The van der Waals surface area contributed by atoms with E-state index in [0.29, 0.717) is 12.4 Å². The largest absolute Gasteiger partial charge is 0.573 e. The van der Waals surface area contributed by atoms with Gasteiger partial charge in [0.2, 0.25) is 0 Å². The number of halogens is 3. The lowest BCUT2D eigenvalue weighted by Crippen LogP contribution is -2.26. The van der Waals surface area contributed by atoms with Crippen molar-refractivity contribution in [3.8, 4) is 17.0 Å². The maximum atomic E-state index is 12.8. The van der Waals surface area contributed by atoms with Crippen molar-refractivity contribution < 1.29 is 22.7 Å². The summed E-state index contributed by atoms with van der Waals surface area (Å²) in [5.41, 5.74) is 2.99. The Hall–Kier alpha value is -3.55. The number of hydrogen-bond donors (Lipinski definition) is 0. The van der Waals surface area contributed by atoms with Crippen molar-refractivity contribution in [1.82, 2.24) is 9.78 Å². The Balaban J connectivity index is 1.83. The van der Waals surface area contributed by atoms with Crippen molar-refractivity contribution in [3.05, 3.63) is 72.3 Å². The fourth-order valence-electron chi connectivity index (χ4n) is 2.93. The highest BCUT2D eigenvalue weighted by Gasteiger charge is 2.31. The molecule has 3 aromatic rings. The summed E-state index contributed by atoms with van der Waals surface area (Å²) < 4.78 is 42.5. The lowest BCUT2D eigenvalue weighted by atomic mass is 10.1. The number of anilines is 1. The van der Waals surface area contributed by atoms with Gasteiger partial charge >= 0.3 is 6.36 Å². The summed E-state index contributed by atoms with van der Waals surface area (Å²) in [7, 11) is 1.56. The van der Waals surface area contributed by atoms with E-state index in [1.54, 1.807) is 23.9 Å². The van der Waals surface area contributed by atoms with Crippen LogP contribution in [0.1, 0.15) is 22.8 Å². The molecule has 0 aliphatic carbocycles. The monoisotopic (exact) mass is 415 g/mol. The van der Waals surface area contributed by atoms with Crippen LogP contribution >= 0.6 is 0 Å². The maximum Gasteiger partial charge on any atom is 0.573 e. The molecule has 8 heteroatoms. The molecule has 5 nitrogen and oxygen atoms in total. The number of carbonyl (C=O) groups is 1. The lowest BCUT2D eigenvalue weighted by molar-refractivity contribution is -0.274. The predicted molar refractivity (Wildman–Crippen MR) is 109 cm³/mol. The van der Waals surface area contributed by atoms with Gasteiger partial charge < -0.3 is 4.74 Å². The first-order chi connectivity index (χ1) is 14.2. The highest BCUT2D eigenvalue weighted by molar-refractivity contribution is 6.05. The van der Waals surface area contributed by atoms with E-state index < -0.39 is 12.3 Å². The number of ether oxygens (including phenoxy) is 1. The number of carbonyl (C=O) groups excluding carboxylic acids is 1. The summed E-state index contributed by atoms with van der Waals surface area (Å²) in [6.45, 7) is 6.29. The van der Waals surface area contributed by atoms with Crippen LogP contribution < -0.4 is 9.64 Å². The zero-order valence-electron chi connectivity index (χ0n) is 16.5. The Morgan fingerprint density at radius 1 is 1.17 bits per heavy atom. The van der Waals surface area contributed by atoms with Crippen LogP contribution in [-0.4, -0.2) is 29.1 Å². The average molecular weight is 415 g/mol. The van der Waals surface area contributed by atoms with E-state index in [1.807, 2.05) is 31.2 Å². The zero-order valence-corrected chi connectivity index (χ0v) is 16.5. The molecule has 0 aliphatic heterocycles. The molecule has 3 rings (SSSR count). The van der Waals surface area contributed by atoms with Gasteiger partial charge in [-0.2, -0.15) is 5.10 Å². The quantitative estimate of drug-likeness (QED) is 0.543. The smallest absolute Gasteiger partial charge is 0.406 e. The molecule has 0 spiro atoms. The molecule has 1 aromatic heterocycles. The first-order valence-corrected chi connectivity index (χ1v) is 9.16. The predicted octanol–water partition coefficient (Wildman–Crippen LogP) is 5.39. The highest BCUT2D eigenvalue weighted by Crippen LogP contribution is 2.27. The van der Waals surface area contributed by atoms with Gasteiger partial charge in [-0.05, 0) is 42.3 Å². The Bertz CT molecular complexity index is 1040. The maximum absolute atomic E-state index is 12.8. The van der Waals surface area contributed by atoms with E-state index in [-0.39, 0.29) is 11.3 Å². The van der Waals surface area contributed by atoms with Gasteiger partial charge in [-0.15, -0.1) is 13.2 Å². The van der Waals surface area contributed by atoms with Crippen LogP contribution in [-0.2, 0) is 6.54 Å². The van der Waals surface area contributed by atoms with E-state index in [1.165, 1.54) is 17.0 Å². The normalized spacial score (nSPS) is 11.2. The number of aryl methyl sites for hydroxylation is 1. The summed E-state index contributed by atoms with van der Waals surface area (Å²) in [5.74, 6) is -0.356. The van der Waals surface area contributed by atoms with Crippen molar-refractivity contribution >= 4 is 17.8 Å². The SMILES string of the molecule is C=Cc1ccc(-c2cc(N(C)C(=O)c3ccc(OC(F)(F)F)cc3)nn2CC)cc1. The average Bonchev–Trinajstić information content (AvgIpc) is 3.16. The molecule has 1 heterocycles. The number of alkyl halides is 3. The number of amides is 1. The van der Waals surface area contributed by atoms with E-state index >= 15 is 0 Å². The van der Waals surface area contributed by atoms with Crippen LogP contribution in [0.25, 0.3) is 17.3 Å². The first kappa shape index (κ1) is 21.2. The molecule has 0 saturated carbocycles. The number of hydrogen-bond acceptors (Lipinski definition) is 3. The molecule has 0 saturated heterocycles. The minimum atomic E-state index is -4.78. The molecule has 1 amide bonds. The molecular weight excluding hydrogens is 395 g/mol. The second-order valence-electron chi connectivity index (χ2n) is 6.47. The van der Waals surface area contributed by atoms with E-state index in [4.69, 9.17) is 0 Å². The molecule has 0 unspecified atom stereocenters. The van der Waals surface area contributed by atoms with Gasteiger partial charge in [-0.25, -0.2) is 0 Å². The molecule has 0 bridgehead atoms. The summed E-state index contributed by atoms with van der Waals surface area (Å²) in [5, 5.41) is 4.49. The Morgan fingerprint density at radius 2 is 1.80 bits per heavy atom. The first-order valence-electron chi connectivity index (χ1n) is 9.16. The number of benzene rings is 2. The van der Waals surface area contributed by atoms with Crippen LogP contribution in [0, 0.1) is 0 Å². The van der Waals surface area contributed by atoms with Gasteiger partial charge in [0.15, 0.2) is 5.82 Å². The third kappa shape index (κ3) is 4.71. The number of rotatable bonds is 6. The lowest BCUT2D eigenvalue weighted by Gasteiger charge is -2.15. The van der Waals surface area contributed by atoms with Gasteiger partial charge in [-0.3, -0.25) is 14.4 Å². The van der Waals surface area contributed by atoms with Crippen LogP contribution in [0.5, 0.6) is 5.75 Å². The summed E-state index contributed by atoms with van der Waals surface area (Å²) in [6.07, 6.45) is -3.03. The topological polar surface area (TPSA) is 47.4 Å². The molecule has 2 aromatic carbocycles. The van der Waals surface area contributed by atoms with Crippen molar-refractivity contribution in [2.75, 3.05) is 11.9 Å². The van der Waals surface area contributed by atoms with E-state index in [9.17, 15) is 18.0 Å². The molecule has 156 valence electrons. The summed E-state index contributed by atoms with van der Waals surface area (Å²) >= 11 is 0. The van der Waals surface area contributed by atoms with Gasteiger partial charge in [0.05, 0.1) is 5.69 Å². The van der Waals surface area contributed by atoms with Gasteiger partial charge in [0.1, 0.15) is 5.75 Å². The minimum absolute atomic E-state index is 0.218. The second-order valence-corrected chi connectivity index (χ2v) is 6.47. The molecule has 0 N–H and O–H groups in total. The van der Waals surface area contributed by atoms with Crippen LogP contribution in [0.2, 0.25) is 0 Å². The Morgan fingerprint density at radius 3 is 2.33 bits per heavy atom.